The van der Waals surface area contributed by atoms with Crippen LogP contribution in [0, 0.1) is 0 Å². The normalized spacial score (nSPS) is 10.6. The molecule has 3 aromatic carbocycles. The molecule has 0 atom stereocenters. The number of Topliss-reactive ketones (excluding diaryl/α,β-unsaturated/α-hetero) is 1. The summed E-state index contributed by atoms with van der Waals surface area (Å²) >= 11 is 0. The maximum atomic E-state index is 12.5. The van der Waals surface area contributed by atoms with Crippen molar-refractivity contribution in [2.75, 3.05) is 20.3 Å². The quantitative estimate of drug-likeness (QED) is 0.126. The molecule has 0 aromatic heterocycles. The summed E-state index contributed by atoms with van der Waals surface area (Å²) in [6, 6.07) is 21.8. The number of unbranched alkanes of at least 4 members (excludes halogenated alkanes) is 6. The van der Waals surface area contributed by atoms with Gasteiger partial charge in [0.1, 0.15) is 11.5 Å². The van der Waals surface area contributed by atoms with E-state index in [1.807, 2.05) is 36.4 Å². The van der Waals surface area contributed by atoms with Crippen molar-refractivity contribution in [3.8, 4) is 22.6 Å². The lowest BCUT2D eigenvalue weighted by Crippen LogP contribution is -2.14. The van der Waals surface area contributed by atoms with Crippen LogP contribution in [-0.2, 0) is 4.74 Å². The molecule has 0 N–H and O–H groups in total. The van der Waals surface area contributed by atoms with Crippen LogP contribution in [0.5, 0.6) is 11.5 Å². The highest BCUT2D eigenvalue weighted by molar-refractivity contribution is 5.99. The highest BCUT2D eigenvalue weighted by Gasteiger charge is 2.12. The van der Waals surface area contributed by atoms with Crippen molar-refractivity contribution >= 4 is 11.8 Å². The number of carbonyl (C=O) groups is 2. The highest BCUT2D eigenvalue weighted by atomic mass is 16.5. The highest BCUT2D eigenvalue weighted by Crippen LogP contribution is 2.23. The van der Waals surface area contributed by atoms with E-state index in [1.165, 1.54) is 38.5 Å². The smallest absolute Gasteiger partial charge is 0.338 e. The van der Waals surface area contributed by atoms with Crippen molar-refractivity contribution in [3.63, 3.8) is 0 Å². The molecule has 0 heterocycles. The van der Waals surface area contributed by atoms with Gasteiger partial charge in [-0.3, -0.25) is 4.79 Å². The van der Waals surface area contributed by atoms with Gasteiger partial charge in [0, 0.05) is 5.56 Å². The van der Waals surface area contributed by atoms with Crippen LogP contribution >= 0.6 is 0 Å². The predicted molar refractivity (Wildman–Crippen MR) is 143 cm³/mol. The largest absolute Gasteiger partial charge is 0.497 e. The predicted octanol–water partition coefficient (Wildman–Crippen LogP) is 7.53. The Bertz CT molecular complexity index is 1070. The van der Waals surface area contributed by atoms with Gasteiger partial charge in [-0.2, -0.15) is 0 Å². The minimum atomic E-state index is -0.528. The Kier molecular flexibility index (Phi) is 11.0. The van der Waals surface area contributed by atoms with Crippen molar-refractivity contribution in [1.82, 2.24) is 0 Å². The molecular formula is C31H36O5. The first kappa shape index (κ1) is 27.0. The number of rotatable bonds is 15. The van der Waals surface area contributed by atoms with Crippen molar-refractivity contribution in [1.29, 1.82) is 0 Å². The molecule has 190 valence electrons. The molecule has 0 unspecified atom stereocenters. The third kappa shape index (κ3) is 8.56. The van der Waals surface area contributed by atoms with Crippen LogP contribution in [0.15, 0.2) is 72.8 Å². The van der Waals surface area contributed by atoms with Crippen LogP contribution in [0.3, 0.4) is 0 Å². The summed E-state index contributed by atoms with van der Waals surface area (Å²) in [5.41, 5.74) is 2.87. The molecule has 0 radical (unpaired) electrons. The maximum absolute atomic E-state index is 12.5. The zero-order valence-corrected chi connectivity index (χ0v) is 21.3. The van der Waals surface area contributed by atoms with E-state index in [0.29, 0.717) is 17.7 Å². The van der Waals surface area contributed by atoms with E-state index in [-0.39, 0.29) is 12.4 Å². The van der Waals surface area contributed by atoms with Crippen LogP contribution < -0.4 is 9.47 Å². The molecular weight excluding hydrogens is 452 g/mol. The minimum absolute atomic E-state index is 0.253. The molecule has 0 aliphatic rings. The summed E-state index contributed by atoms with van der Waals surface area (Å²) in [5, 5.41) is 0. The number of carbonyl (C=O) groups excluding carboxylic acids is 2. The second-order valence-corrected chi connectivity index (χ2v) is 8.80. The summed E-state index contributed by atoms with van der Waals surface area (Å²) in [5.74, 6) is 0.747. The SMILES string of the molecule is CCCCCCCCCOc1ccc(C(=O)COC(=O)c2ccc(-c3ccc(OC)cc3)cc2)cc1. The molecule has 36 heavy (non-hydrogen) atoms. The lowest BCUT2D eigenvalue weighted by atomic mass is 10.0. The van der Waals surface area contributed by atoms with Crippen LogP contribution in [0.1, 0.15) is 72.6 Å². The molecule has 0 aliphatic heterocycles. The van der Waals surface area contributed by atoms with Gasteiger partial charge in [-0.25, -0.2) is 4.79 Å². The van der Waals surface area contributed by atoms with E-state index >= 15 is 0 Å². The molecule has 0 spiro atoms. The topological polar surface area (TPSA) is 61.8 Å². The van der Waals surface area contributed by atoms with Crippen molar-refractivity contribution in [3.05, 3.63) is 83.9 Å². The molecule has 0 bridgehead atoms. The number of ketones is 1. The minimum Gasteiger partial charge on any atom is -0.497 e. The number of benzene rings is 3. The van der Waals surface area contributed by atoms with E-state index < -0.39 is 5.97 Å². The zero-order valence-electron chi connectivity index (χ0n) is 21.3. The van der Waals surface area contributed by atoms with Gasteiger partial charge in [0.2, 0.25) is 0 Å². The Morgan fingerprint density at radius 2 is 1.17 bits per heavy atom. The lowest BCUT2D eigenvalue weighted by Gasteiger charge is -2.08. The van der Waals surface area contributed by atoms with E-state index in [2.05, 4.69) is 6.92 Å². The fourth-order valence-corrected chi connectivity index (χ4v) is 3.87. The average Bonchev–Trinajstić information content (AvgIpc) is 2.93. The maximum Gasteiger partial charge on any atom is 0.338 e. The molecule has 3 rings (SSSR count). The van der Waals surface area contributed by atoms with Gasteiger partial charge in [-0.15, -0.1) is 0 Å². The lowest BCUT2D eigenvalue weighted by molar-refractivity contribution is 0.0474. The van der Waals surface area contributed by atoms with Crippen LogP contribution in [0.2, 0.25) is 0 Å². The number of ether oxygens (including phenoxy) is 3. The number of hydrogen-bond donors (Lipinski definition) is 0. The second-order valence-electron chi connectivity index (χ2n) is 8.80. The van der Waals surface area contributed by atoms with E-state index in [1.54, 1.807) is 43.5 Å². The van der Waals surface area contributed by atoms with Crippen molar-refractivity contribution < 1.29 is 23.8 Å². The van der Waals surface area contributed by atoms with Gasteiger partial charge in [0.05, 0.1) is 19.3 Å². The van der Waals surface area contributed by atoms with E-state index in [0.717, 1.165) is 29.0 Å². The van der Waals surface area contributed by atoms with Crippen molar-refractivity contribution in [2.24, 2.45) is 0 Å². The Morgan fingerprint density at radius 3 is 1.78 bits per heavy atom. The Balaban J connectivity index is 1.40. The van der Waals surface area contributed by atoms with Gasteiger partial charge in [0.25, 0.3) is 0 Å². The molecule has 5 heteroatoms. The van der Waals surface area contributed by atoms with Crippen LogP contribution in [0.25, 0.3) is 11.1 Å². The van der Waals surface area contributed by atoms with Gasteiger partial charge < -0.3 is 14.2 Å². The van der Waals surface area contributed by atoms with Gasteiger partial charge in [-0.1, -0.05) is 69.7 Å². The molecule has 0 amide bonds. The zero-order chi connectivity index (χ0) is 25.6. The number of hydrogen-bond acceptors (Lipinski definition) is 5. The standard InChI is InChI=1S/C31H36O5/c1-3-4-5-6-7-8-9-22-35-29-20-16-26(17-21-29)30(32)23-36-31(33)27-12-10-24(11-13-27)25-14-18-28(34-2)19-15-25/h10-21H,3-9,22-23H2,1-2H3. The van der Waals surface area contributed by atoms with Gasteiger partial charge in [0.15, 0.2) is 12.4 Å². The van der Waals surface area contributed by atoms with E-state index in [4.69, 9.17) is 14.2 Å². The number of methoxy groups -OCH3 is 1. The first-order valence-corrected chi connectivity index (χ1v) is 12.8. The van der Waals surface area contributed by atoms with Gasteiger partial charge >= 0.3 is 5.97 Å². The summed E-state index contributed by atoms with van der Waals surface area (Å²) in [6.07, 6.45) is 8.66. The van der Waals surface area contributed by atoms with Crippen LogP contribution in [-0.4, -0.2) is 32.1 Å². The first-order valence-electron chi connectivity index (χ1n) is 12.8. The van der Waals surface area contributed by atoms with Crippen molar-refractivity contribution in [2.45, 2.75) is 51.9 Å². The summed E-state index contributed by atoms with van der Waals surface area (Å²) < 4.78 is 16.2. The first-order chi connectivity index (χ1) is 17.6. The molecule has 0 saturated heterocycles. The van der Waals surface area contributed by atoms with Gasteiger partial charge in [-0.05, 0) is 66.1 Å². The molecule has 3 aromatic rings. The average molecular weight is 489 g/mol. The summed E-state index contributed by atoms with van der Waals surface area (Å²) in [4.78, 5) is 24.9. The molecule has 0 aliphatic carbocycles. The molecule has 0 saturated carbocycles. The Hall–Kier alpha value is -3.60. The Labute approximate surface area is 214 Å². The second kappa shape index (κ2) is 14.7. The molecule has 5 nitrogen and oxygen atoms in total. The van der Waals surface area contributed by atoms with Crippen LogP contribution in [0.4, 0.5) is 0 Å². The van der Waals surface area contributed by atoms with E-state index in [9.17, 15) is 9.59 Å². The fraction of sp³-hybridized carbons (Fsp3) is 0.355. The Morgan fingerprint density at radius 1 is 0.639 bits per heavy atom. The molecule has 0 fully saturated rings. The number of esters is 1. The monoisotopic (exact) mass is 488 g/mol. The summed E-state index contributed by atoms with van der Waals surface area (Å²) in [6.45, 7) is 2.59. The third-order valence-corrected chi connectivity index (χ3v) is 6.07. The summed E-state index contributed by atoms with van der Waals surface area (Å²) in [7, 11) is 1.63. The fourth-order valence-electron chi connectivity index (χ4n) is 3.87. The third-order valence-electron chi connectivity index (χ3n) is 6.07.